The van der Waals surface area contributed by atoms with Crippen molar-refractivity contribution in [2.75, 3.05) is 20.3 Å². The highest BCUT2D eigenvalue weighted by molar-refractivity contribution is 5.55. The van der Waals surface area contributed by atoms with Crippen molar-refractivity contribution in [1.82, 2.24) is 0 Å². The highest BCUT2D eigenvalue weighted by Crippen LogP contribution is 2.42. The maximum Gasteiger partial charge on any atom is 0.169 e. The van der Waals surface area contributed by atoms with E-state index in [4.69, 9.17) is 19.9 Å². The third kappa shape index (κ3) is 3.10. The minimum absolute atomic E-state index is 0.183. The summed E-state index contributed by atoms with van der Waals surface area (Å²) in [6, 6.07) is 1.31. The predicted molar refractivity (Wildman–Crippen MR) is 70.5 cm³/mol. The van der Waals surface area contributed by atoms with Crippen molar-refractivity contribution in [3.8, 4) is 17.2 Å². The smallest absolute Gasteiger partial charge is 0.169 e. The average molecular weight is 269 g/mol. The maximum absolute atomic E-state index is 14.0. The van der Waals surface area contributed by atoms with Crippen molar-refractivity contribution in [2.24, 2.45) is 5.73 Å². The Morgan fingerprint density at radius 3 is 2.68 bits per heavy atom. The number of rotatable bonds is 3. The molecule has 4 nitrogen and oxygen atoms in total. The Kier molecular flexibility index (Phi) is 3.85. The van der Waals surface area contributed by atoms with Crippen LogP contribution in [0.25, 0.3) is 0 Å². The molecular weight excluding hydrogens is 249 g/mol. The highest BCUT2D eigenvalue weighted by Gasteiger charge is 2.26. The standard InChI is InChI=1S/C14H20FNO3/c1-14(2,16)8-9-12(17-3)10(15)7-11-13(9)19-6-4-5-18-11/h7H,4-6,8,16H2,1-3H3. The molecule has 0 bridgehead atoms. The van der Waals surface area contributed by atoms with Crippen molar-refractivity contribution < 1.29 is 18.6 Å². The van der Waals surface area contributed by atoms with Crippen molar-refractivity contribution >= 4 is 0 Å². The average Bonchev–Trinajstić information content (AvgIpc) is 2.52. The van der Waals surface area contributed by atoms with Gasteiger partial charge >= 0.3 is 0 Å². The van der Waals surface area contributed by atoms with E-state index in [2.05, 4.69) is 0 Å². The fraction of sp³-hybridized carbons (Fsp3) is 0.571. The number of hydrogen-bond donors (Lipinski definition) is 1. The largest absolute Gasteiger partial charge is 0.493 e. The van der Waals surface area contributed by atoms with Gasteiger partial charge in [-0.1, -0.05) is 0 Å². The molecule has 0 amide bonds. The quantitative estimate of drug-likeness (QED) is 0.914. The van der Waals surface area contributed by atoms with E-state index >= 15 is 0 Å². The predicted octanol–water partition coefficient (Wildman–Crippen LogP) is 2.28. The van der Waals surface area contributed by atoms with E-state index in [-0.39, 0.29) is 5.75 Å². The molecule has 0 saturated carbocycles. The van der Waals surface area contributed by atoms with Crippen LogP contribution in [0, 0.1) is 5.82 Å². The number of fused-ring (bicyclic) bond motifs is 1. The summed E-state index contributed by atoms with van der Waals surface area (Å²) in [5.41, 5.74) is 6.17. The molecule has 106 valence electrons. The first-order valence-electron chi connectivity index (χ1n) is 6.36. The molecule has 5 heteroatoms. The molecule has 0 spiro atoms. The Balaban J connectivity index is 2.55. The van der Waals surface area contributed by atoms with Crippen molar-refractivity contribution in [1.29, 1.82) is 0 Å². The molecule has 0 aromatic heterocycles. The molecule has 1 aliphatic rings. The van der Waals surface area contributed by atoms with Crippen molar-refractivity contribution in [3.63, 3.8) is 0 Å². The van der Waals surface area contributed by atoms with Crippen LogP contribution in [0.5, 0.6) is 17.2 Å². The number of halogens is 1. The third-order valence-corrected chi connectivity index (χ3v) is 2.88. The van der Waals surface area contributed by atoms with Crippen LogP contribution >= 0.6 is 0 Å². The molecule has 0 saturated heterocycles. The second-order valence-electron chi connectivity index (χ2n) is 5.41. The van der Waals surface area contributed by atoms with Gasteiger partial charge in [-0.05, 0) is 20.3 Å². The second kappa shape index (κ2) is 5.25. The summed E-state index contributed by atoms with van der Waals surface area (Å²) < 4.78 is 30.4. The van der Waals surface area contributed by atoms with Gasteiger partial charge in [-0.25, -0.2) is 4.39 Å². The minimum Gasteiger partial charge on any atom is -0.493 e. The second-order valence-corrected chi connectivity index (χ2v) is 5.41. The molecule has 0 atom stereocenters. The third-order valence-electron chi connectivity index (χ3n) is 2.88. The van der Waals surface area contributed by atoms with E-state index < -0.39 is 11.4 Å². The van der Waals surface area contributed by atoms with Gasteiger partial charge in [0.25, 0.3) is 0 Å². The molecule has 0 unspecified atom stereocenters. The molecule has 19 heavy (non-hydrogen) atoms. The fourth-order valence-electron chi connectivity index (χ4n) is 2.16. The SMILES string of the molecule is COc1c(F)cc2c(c1CC(C)(C)N)OCCCO2. The fourth-order valence-corrected chi connectivity index (χ4v) is 2.16. The van der Waals surface area contributed by atoms with Gasteiger partial charge in [0.2, 0.25) is 0 Å². The summed E-state index contributed by atoms with van der Waals surface area (Å²) >= 11 is 0. The summed E-state index contributed by atoms with van der Waals surface area (Å²) in [5, 5.41) is 0. The first-order chi connectivity index (χ1) is 8.92. The molecule has 2 rings (SSSR count). The Labute approximate surface area is 112 Å². The molecule has 1 aromatic rings. The highest BCUT2D eigenvalue weighted by atomic mass is 19.1. The van der Waals surface area contributed by atoms with Gasteiger partial charge in [0.05, 0.1) is 20.3 Å². The number of hydrogen-bond acceptors (Lipinski definition) is 4. The van der Waals surface area contributed by atoms with Gasteiger partial charge in [-0.15, -0.1) is 0 Å². The van der Waals surface area contributed by atoms with Crippen LogP contribution in [0.2, 0.25) is 0 Å². The van der Waals surface area contributed by atoms with Crippen LogP contribution in [-0.4, -0.2) is 25.9 Å². The Hall–Kier alpha value is -1.49. The number of nitrogens with two attached hydrogens (primary N) is 1. The van der Waals surface area contributed by atoms with Gasteiger partial charge in [0.15, 0.2) is 23.1 Å². The normalized spacial score (nSPS) is 15.0. The Morgan fingerprint density at radius 1 is 1.37 bits per heavy atom. The lowest BCUT2D eigenvalue weighted by Gasteiger charge is -2.23. The van der Waals surface area contributed by atoms with Crippen LogP contribution in [0.1, 0.15) is 25.8 Å². The maximum atomic E-state index is 14.0. The zero-order chi connectivity index (χ0) is 14.0. The van der Waals surface area contributed by atoms with Crippen LogP contribution < -0.4 is 19.9 Å². The van der Waals surface area contributed by atoms with E-state index in [1.165, 1.54) is 13.2 Å². The van der Waals surface area contributed by atoms with Crippen LogP contribution in [0.15, 0.2) is 6.07 Å². The molecule has 0 fully saturated rings. The minimum atomic E-state index is -0.496. The van der Waals surface area contributed by atoms with E-state index in [0.29, 0.717) is 36.7 Å². The lowest BCUT2D eigenvalue weighted by atomic mass is 9.94. The van der Waals surface area contributed by atoms with Gasteiger partial charge in [0, 0.05) is 23.6 Å². The van der Waals surface area contributed by atoms with Gasteiger partial charge < -0.3 is 19.9 Å². The molecule has 0 radical (unpaired) electrons. The van der Waals surface area contributed by atoms with Crippen LogP contribution in [0.4, 0.5) is 4.39 Å². The molecule has 0 aliphatic carbocycles. The van der Waals surface area contributed by atoms with Gasteiger partial charge in [-0.2, -0.15) is 0 Å². The van der Waals surface area contributed by atoms with E-state index in [9.17, 15) is 4.39 Å². The van der Waals surface area contributed by atoms with E-state index in [1.54, 1.807) is 0 Å². The lowest BCUT2D eigenvalue weighted by molar-refractivity contribution is 0.294. The topological polar surface area (TPSA) is 53.7 Å². The summed E-state index contributed by atoms with van der Waals surface area (Å²) in [5.74, 6) is 0.707. The monoisotopic (exact) mass is 269 g/mol. The summed E-state index contributed by atoms with van der Waals surface area (Å²) in [7, 11) is 1.44. The molecular formula is C14H20FNO3. The zero-order valence-corrected chi connectivity index (χ0v) is 11.6. The first kappa shape index (κ1) is 13.9. The first-order valence-corrected chi connectivity index (χ1v) is 6.36. The summed E-state index contributed by atoms with van der Waals surface area (Å²) in [6.45, 7) is 4.81. The number of methoxy groups -OCH3 is 1. The Morgan fingerprint density at radius 2 is 2.05 bits per heavy atom. The summed E-state index contributed by atoms with van der Waals surface area (Å²) in [6.07, 6.45) is 1.21. The van der Waals surface area contributed by atoms with Crippen molar-refractivity contribution in [3.05, 3.63) is 17.4 Å². The van der Waals surface area contributed by atoms with E-state index in [1.807, 2.05) is 13.8 Å². The molecule has 2 N–H and O–H groups in total. The number of ether oxygens (including phenoxy) is 3. The van der Waals surface area contributed by atoms with Gasteiger partial charge in [0.1, 0.15) is 0 Å². The lowest BCUT2D eigenvalue weighted by Crippen LogP contribution is -2.34. The Bertz CT molecular complexity index is 469. The molecule has 1 heterocycles. The molecule has 1 aliphatic heterocycles. The van der Waals surface area contributed by atoms with E-state index in [0.717, 1.165) is 6.42 Å². The summed E-state index contributed by atoms with van der Waals surface area (Å²) in [4.78, 5) is 0. The van der Waals surface area contributed by atoms with Gasteiger partial charge in [-0.3, -0.25) is 0 Å². The number of benzene rings is 1. The van der Waals surface area contributed by atoms with Crippen molar-refractivity contribution in [2.45, 2.75) is 32.2 Å². The molecule has 1 aromatic carbocycles. The van der Waals surface area contributed by atoms with Crippen LogP contribution in [-0.2, 0) is 6.42 Å². The van der Waals surface area contributed by atoms with Crippen LogP contribution in [0.3, 0.4) is 0 Å². The zero-order valence-electron chi connectivity index (χ0n) is 11.6.